The molecule has 4 nitrogen and oxygen atoms in total. The number of likely N-dealkylation sites (N-methyl/N-ethyl adjacent to an activating group) is 1. The van der Waals surface area contributed by atoms with Gasteiger partial charge in [-0.1, -0.05) is 30.3 Å². The van der Waals surface area contributed by atoms with Crippen molar-refractivity contribution in [1.82, 2.24) is 4.90 Å². The van der Waals surface area contributed by atoms with Gasteiger partial charge in [0.05, 0.1) is 6.10 Å². The second kappa shape index (κ2) is 8.52. The third-order valence-corrected chi connectivity index (χ3v) is 3.59. The van der Waals surface area contributed by atoms with Crippen LogP contribution in [0.4, 0.5) is 14.5 Å². The van der Waals surface area contributed by atoms with Crippen LogP contribution in [-0.4, -0.2) is 42.3 Å². The maximum Gasteiger partial charge on any atom is 0.246 e. The van der Waals surface area contributed by atoms with Gasteiger partial charge >= 0.3 is 0 Å². The van der Waals surface area contributed by atoms with E-state index in [-0.39, 0.29) is 12.5 Å². The van der Waals surface area contributed by atoms with Crippen LogP contribution in [0.2, 0.25) is 0 Å². The molecule has 2 atom stereocenters. The van der Waals surface area contributed by atoms with Crippen molar-refractivity contribution in [3.63, 3.8) is 0 Å². The quantitative estimate of drug-likeness (QED) is 0.819. The molecule has 6 heteroatoms. The monoisotopic (exact) mass is 334 g/mol. The van der Waals surface area contributed by atoms with Gasteiger partial charge in [0.15, 0.2) is 0 Å². The summed E-state index contributed by atoms with van der Waals surface area (Å²) >= 11 is 0. The van der Waals surface area contributed by atoms with Gasteiger partial charge in [0.1, 0.15) is 18.5 Å². The van der Waals surface area contributed by atoms with Crippen LogP contribution in [0, 0.1) is 5.82 Å². The molecule has 24 heavy (non-hydrogen) atoms. The fraction of sp³-hybridized carbons (Fsp3) is 0.278. The highest BCUT2D eigenvalue weighted by Crippen LogP contribution is 2.22. The summed E-state index contributed by atoms with van der Waals surface area (Å²) in [5.74, 6) is -0.739. The van der Waals surface area contributed by atoms with Gasteiger partial charge in [0.2, 0.25) is 5.91 Å². The zero-order chi connectivity index (χ0) is 17.5. The Kier molecular flexibility index (Phi) is 6.40. The molecule has 128 valence electrons. The maximum absolute atomic E-state index is 13.0. The van der Waals surface area contributed by atoms with E-state index in [1.165, 1.54) is 24.3 Å². The molecule has 0 fully saturated rings. The van der Waals surface area contributed by atoms with E-state index < -0.39 is 24.6 Å². The summed E-state index contributed by atoms with van der Waals surface area (Å²) in [4.78, 5) is 14.3. The van der Waals surface area contributed by atoms with Gasteiger partial charge < -0.3 is 10.4 Å². The number of nitrogens with one attached hydrogen (secondary N) is 1. The molecule has 2 rings (SSSR count). The zero-order valence-electron chi connectivity index (χ0n) is 13.3. The second-order valence-electron chi connectivity index (χ2n) is 5.56. The van der Waals surface area contributed by atoms with Crippen molar-refractivity contribution >= 4 is 11.6 Å². The van der Waals surface area contributed by atoms with Gasteiger partial charge in [-0.2, -0.15) is 0 Å². The topological polar surface area (TPSA) is 52.6 Å². The Morgan fingerprint density at radius 3 is 2.38 bits per heavy atom. The van der Waals surface area contributed by atoms with Gasteiger partial charge in [0, 0.05) is 12.2 Å². The molecule has 0 saturated heterocycles. The molecule has 0 aromatic heterocycles. The summed E-state index contributed by atoms with van der Waals surface area (Å²) < 4.78 is 25.6. The summed E-state index contributed by atoms with van der Waals surface area (Å²) in [5, 5.41) is 12.3. The number of carbonyl (C=O) groups excluding carboxylic acids is 1. The van der Waals surface area contributed by atoms with Crippen LogP contribution in [0.5, 0.6) is 0 Å². The van der Waals surface area contributed by atoms with Crippen LogP contribution in [0.1, 0.15) is 11.6 Å². The number of alkyl halides is 1. The SMILES string of the molecule is CN(CC(O)CF)C(C(=O)Nc1ccc(F)cc1)c1ccccc1. The molecule has 0 radical (unpaired) electrons. The van der Waals surface area contributed by atoms with Crippen LogP contribution < -0.4 is 5.32 Å². The lowest BCUT2D eigenvalue weighted by molar-refractivity contribution is -0.121. The first-order valence-corrected chi connectivity index (χ1v) is 7.57. The molecule has 0 saturated carbocycles. The van der Waals surface area contributed by atoms with Crippen molar-refractivity contribution in [2.75, 3.05) is 25.6 Å². The zero-order valence-corrected chi connectivity index (χ0v) is 13.3. The highest BCUT2D eigenvalue weighted by molar-refractivity contribution is 5.95. The first-order valence-electron chi connectivity index (χ1n) is 7.57. The Bertz CT molecular complexity index is 650. The molecule has 0 bridgehead atoms. The van der Waals surface area contributed by atoms with Crippen LogP contribution in [0.15, 0.2) is 54.6 Å². The molecule has 1 amide bonds. The fourth-order valence-corrected chi connectivity index (χ4v) is 2.47. The fourth-order valence-electron chi connectivity index (χ4n) is 2.47. The summed E-state index contributed by atoms with van der Waals surface area (Å²) in [7, 11) is 1.64. The Labute approximate surface area is 139 Å². The van der Waals surface area contributed by atoms with Crippen molar-refractivity contribution in [1.29, 1.82) is 0 Å². The minimum Gasteiger partial charge on any atom is -0.389 e. The number of aliphatic hydroxyl groups excluding tert-OH is 1. The Morgan fingerprint density at radius 2 is 1.79 bits per heavy atom. The number of halogens is 2. The number of amides is 1. The highest BCUT2D eigenvalue weighted by atomic mass is 19.1. The van der Waals surface area contributed by atoms with E-state index in [2.05, 4.69) is 5.32 Å². The van der Waals surface area contributed by atoms with Crippen LogP contribution in [0.3, 0.4) is 0 Å². The third-order valence-electron chi connectivity index (χ3n) is 3.59. The molecule has 0 aliphatic rings. The van der Waals surface area contributed by atoms with Gasteiger partial charge in [-0.3, -0.25) is 9.69 Å². The van der Waals surface area contributed by atoms with Crippen LogP contribution in [-0.2, 0) is 4.79 Å². The third kappa shape index (κ3) is 4.84. The van der Waals surface area contributed by atoms with Crippen molar-refractivity contribution in [2.24, 2.45) is 0 Å². The summed E-state index contributed by atoms with van der Waals surface area (Å²) in [6, 6.07) is 13.7. The van der Waals surface area contributed by atoms with Crippen molar-refractivity contribution in [3.05, 3.63) is 66.0 Å². The first kappa shape index (κ1) is 18.0. The lowest BCUT2D eigenvalue weighted by Gasteiger charge is -2.28. The molecule has 0 spiro atoms. The second-order valence-corrected chi connectivity index (χ2v) is 5.56. The van der Waals surface area contributed by atoms with Crippen molar-refractivity contribution in [2.45, 2.75) is 12.1 Å². The van der Waals surface area contributed by atoms with E-state index >= 15 is 0 Å². The highest BCUT2D eigenvalue weighted by Gasteiger charge is 2.26. The standard InChI is InChI=1S/C18H20F2N2O2/c1-22(12-16(23)11-19)17(13-5-3-2-4-6-13)18(24)21-15-9-7-14(20)8-10-15/h2-10,16-17,23H,11-12H2,1H3,(H,21,24). The predicted molar refractivity (Wildman–Crippen MR) is 88.8 cm³/mol. The summed E-state index contributed by atoms with van der Waals surface area (Å²) in [6.45, 7) is -0.877. The van der Waals surface area contributed by atoms with E-state index in [1.54, 1.807) is 36.2 Å². The number of nitrogens with zero attached hydrogens (tertiary/aromatic N) is 1. The number of aliphatic hydroxyl groups is 1. The Morgan fingerprint density at radius 1 is 1.17 bits per heavy atom. The predicted octanol–water partition coefficient (Wildman–Crippen LogP) is 2.77. The molecule has 0 aliphatic heterocycles. The molecule has 2 N–H and O–H groups in total. The molecule has 0 aliphatic carbocycles. The number of hydrogen-bond donors (Lipinski definition) is 2. The average molecular weight is 334 g/mol. The Balaban J connectivity index is 2.21. The van der Waals surface area contributed by atoms with Crippen LogP contribution >= 0.6 is 0 Å². The molecule has 0 heterocycles. The van der Waals surface area contributed by atoms with Gasteiger partial charge in [0.25, 0.3) is 0 Å². The molecule has 2 aromatic rings. The van der Waals surface area contributed by atoms with E-state index in [4.69, 9.17) is 0 Å². The smallest absolute Gasteiger partial charge is 0.246 e. The minimum absolute atomic E-state index is 0.00684. The van der Waals surface area contributed by atoms with E-state index in [0.29, 0.717) is 11.3 Å². The summed E-state index contributed by atoms with van der Waals surface area (Å²) in [5.41, 5.74) is 1.17. The minimum atomic E-state index is -1.17. The largest absolute Gasteiger partial charge is 0.389 e. The van der Waals surface area contributed by atoms with Gasteiger partial charge in [-0.05, 0) is 36.9 Å². The molecular weight excluding hydrogens is 314 g/mol. The van der Waals surface area contributed by atoms with Gasteiger partial charge in [-0.25, -0.2) is 8.78 Å². The molecular formula is C18H20F2N2O2. The number of carbonyl (C=O) groups is 1. The summed E-state index contributed by atoms with van der Waals surface area (Å²) in [6.07, 6.45) is -1.17. The number of rotatable bonds is 7. The lowest BCUT2D eigenvalue weighted by atomic mass is 10.0. The lowest BCUT2D eigenvalue weighted by Crippen LogP contribution is -2.39. The number of benzene rings is 2. The van der Waals surface area contributed by atoms with E-state index in [9.17, 15) is 18.7 Å². The van der Waals surface area contributed by atoms with Crippen LogP contribution in [0.25, 0.3) is 0 Å². The molecule has 2 unspecified atom stereocenters. The van der Waals surface area contributed by atoms with E-state index in [1.807, 2.05) is 6.07 Å². The first-order chi connectivity index (χ1) is 11.5. The maximum atomic E-state index is 13.0. The van der Waals surface area contributed by atoms with E-state index in [0.717, 1.165) is 0 Å². The normalized spacial score (nSPS) is 13.5. The number of hydrogen-bond acceptors (Lipinski definition) is 3. The number of anilines is 1. The van der Waals surface area contributed by atoms with Gasteiger partial charge in [-0.15, -0.1) is 0 Å². The van der Waals surface area contributed by atoms with Crippen molar-refractivity contribution in [3.8, 4) is 0 Å². The average Bonchev–Trinajstić information content (AvgIpc) is 2.58. The molecule has 2 aromatic carbocycles. The van der Waals surface area contributed by atoms with Crippen molar-refractivity contribution < 1.29 is 18.7 Å². The Hall–Kier alpha value is -2.31.